The molecule has 1 atom stereocenters. The second-order valence-electron chi connectivity index (χ2n) is 4.79. The van der Waals surface area contributed by atoms with Crippen molar-refractivity contribution in [2.24, 2.45) is 0 Å². The number of hydrogen-bond acceptors (Lipinski definition) is 4. The highest BCUT2D eigenvalue weighted by Gasteiger charge is 2.20. The van der Waals surface area contributed by atoms with Crippen molar-refractivity contribution in [3.05, 3.63) is 45.4 Å². The van der Waals surface area contributed by atoms with E-state index in [0.717, 1.165) is 41.3 Å². The highest BCUT2D eigenvalue weighted by molar-refractivity contribution is 7.09. The van der Waals surface area contributed by atoms with Gasteiger partial charge >= 0.3 is 0 Å². The topological polar surface area (TPSA) is 42.4 Å². The molecule has 3 nitrogen and oxygen atoms in total. The predicted molar refractivity (Wildman–Crippen MR) is 75.5 cm³/mol. The van der Waals surface area contributed by atoms with E-state index in [1.165, 1.54) is 5.56 Å². The van der Waals surface area contributed by atoms with Gasteiger partial charge in [0.25, 0.3) is 0 Å². The third kappa shape index (κ3) is 2.65. The fraction of sp³-hybridized carbons (Fsp3) is 0.400. The summed E-state index contributed by atoms with van der Waals surface area (Å²) < 4.78 is 5.77. The number of ether oxygens (including phenoxy) is 1. The molecule has 2 aromatic rings. The molecule has 0 saturated carbocycles. The van der Waals surface area contributed by atoms with Crippen molar-refractivity contribution in [1.82, 2.24) is 4.98 Å². The fourth-order valence-electron chi connectivity index (χ4n) is 2.40. The number of fused-ring (bicyclic) bond motifs is 1. The van der Waals surface area contributed by atoms with Crippen molar-refractivity contribution in [2.45, 2.75) is 38.9 Å². The van der Waals surface area contributed by atoms with E-state index in [-0.39, 0.29) is 6.10 Å². The molecule has 1 aromatic carbocycles. The van der Waals surface area contributed by atoms with E-state index in [1.807, 2.05) is 18.2 Å². The van der Waals surface area contributed by atoms with Crippen LogP contribution >= 0.6 is 11.3 Å². The summed E-state index contributed by atoms with van der Waals surface area (Å²) in [4.78, 5) is 4.48. The second-order valence-corrected chi connectivity index (χ2v) is 5.73. The van der Waals surface area contributed by atoms with Crippen molar-refractivity contribution in [1.29, 1.82) is 0 Å². The van der Waals surface area contributed by atoms with E-state index in [4.69, 9.17) is 4.74 Å². The van der Waals surface area contributed by atoms with Crippen molar-refractivity contribution in [3.63, 3.8) is 0 Å². The molecule has 1 aliphatic rings. The Morgan fingerprint density at radius 1 is 1.47 bits per heavy atom. The van der Waals surface area contributed by atoms with Gasteiger partial charge in [0.05, 0.1) is 16.8 Å². The van der Waals surface area contributed by atoms with E-state index in [1.54, 1.807) is 11.3 Å². The van der Waals surface area contributed by atoms with Gasteiger partial charge in [0.15, 0.2) is 0 Å². The number of benzene rings is 1. The predicted octanol–water partition coefficient (Wildman–Crippen LogP) is 3.26. The van der Waals surface area contributed by atoms with Crippen LogP contribution in [0.4, 0.5) is 0 Å². The molecule has 1 N–H and O–H groups in total. The van der Waals surface area contributed by atoms with Gasteiger partial charge in [-0.2, -0.15) is 0 Å². The molecule has 1 heterocycles. The standard InChI is InChI=1S/C15H17NO2S/c1-2-15-16-11(9-19-15)8-18-12-4-5-13-10(7-12)3-6-14(13)17/h4-5,7,9,14,17H,2-3,6,8H2,1H3. The van der Waals surface area contributed by atoms with Crippen LogP contribution in [-0.2, 0) is 19.4 Å². The first-order valence-electron chi connectivity index (χ1n) is 6.63. The quantitative estimate of drug-likeness (QED) is 0.931. The number of aliphatic hydroxyl groups is 1. The van der Waals surface area contributed by atoms with E-state index in [9.17, 15) is 5.11 Å². The summed E-state index contributed by atoms with van der Waals surface area (Å²) in [7, 11) is 0. The molecule has 0 fully saturated rings. The summed E-state index contributed by atoms with van der Waals surface area (Å²) in [5.41, 5.74) is 3.24. The van der Waals surface area contributed by atoms with E-state index in [2.05, 4.69) is 17.3 Å². The zero-order valence-electron chi connectivity index (χ0n) is 10.9. The molecule has 0 radical (unpaired) electrons. The summed E-state index contributed by atoms with van der Waals surface area (Å²) in [6.45, 7) is 2.62. The number of aliphatic hydroxyl groups excluding tert-OH is 1. The van der Waals surface area contributed by atoms with Crippen LogP contribution < -0.4 is 4.74 Å². The summed E-state index contributed by atoms with van der Waals surface area (Å²) in [6.07, 6.45) is 2.44. The Labute approximate surface area is 116 Å². The van der Waals surface area contributed by atoms with Gasteiger partial charge < -0.3 is 9.84 Å². The van der Waals surface area contributed by atoms with E-state index >= 15 is 0 Å². The molecule has 1 unspecified atom stereocenters. The lowest BCUT2D eigenvalue weighted by Gasteiger charge is -2.08. The smallest absolute Gasteiger partial charge is 0.131 e. The largest absolute Gasteiger partial charge is 0.487 e. The maximum atomic E-state index is 9.76. The van der Waals surface area contributed by atoms with Gasteiger partial charge in [-0.05, 0) is 42.5 Å². The van der Waals surface area contributed by atoms with Crippen LogP contribution in [0.2, 0.25) is 0 Å². The average molecular weight is 275 g/mol. The molecule has 100 valence electrons. The third-order valence-corrected chi connectivity index (χ3v) is 4.49. The monoisotopic (exact) mass is 275 g/mol. The molecule has 1 aliphatic carbocycles. The lowest BCUT2D eigenvalue weighted by molar-refractivity contribution is 0.180. The van der Waals surface area contributed by atoms with Crippen LogP contribution in [0, 0.1) is 0 Å². The summed E-state index contributed by atoms with van der Waals surface area (Å²) in [5, 5.41) is 13.0. The van der Waals surface area contributed by atoms with Crippen molar-refractivity contribution in [3.8, 4) is 5.75 Å². The number of hydrogen-bond donors (Lipinski definition) is 1. The Morgan fingerprint density at radius 3 is 3.16 bits per heavy atom. The van der Waals surface area contributed by atoms with Gasteiger partial charge in [0.2, 0.25) is 0 Å². The SMILES string of the molecule is CCc1nc(COc2ccc3c(c2)CCC3O)cs1. The van der Waals surface area contributed by atoms with Gasteiger partial charge in [0.1, 0.15) is 12.4 Å². The normalized spacial score (nSPS) is 17.5. The first kappa shape index (κ1) is 12.6. The summed E-state index contributed by atoms with van der Waals surface area (Å²) >= 11 is 1.68. The van der Waals surface area contributed by atoms with Gasteiger partial charge in [-0.25, -0.2) is 4.98 Å². The summed E-state index contributed by atoms with van der Waals surface area (Å²) in [6, 6.07) is 5.94. The van der Waals surface area contributed by atoms with Gasteiger partial charge in [-0.15, -0.1) is 11.3 Å². The van der Waals surface area contributed by atoms with E-state index in [0.29, 0.717) is 6.61 Å². The average Bonchev–Trinajstić information content (AvgIpc) is 3.03. The molecule has 4 heteroatoms. The van der Waals surface area contributed by atoms with E-state index < -0.39 is 0 Å². The third-order valence-electron chi connectivity index (χ3n) is 3.45. The fourth-order valence-corrected chi connectivity index (χ4v) is 3.13. The first-order valence-corrected chi connectivity index (χ1v) is 7.51. The molecule has 0 bridgehead atoms. The van der Waals surface area contributed by atoms with Gasteiger partial charge in [0, 0.05) is 5.38 Å². The van der Waals surface area contributed by atoms with Crippen LogP contribution in [0.15, 0.2) is 23.6 Å². The Kier molecular flexibility index (Phi) is 3.53. The molecule has 3 rings (SSSR count). The number of rotatable bonds is 4. The van der Waals surface area contributed by atoms with Crippen molar-refractivity contribution in [2.75, 3.05) is 0 Å². The first-order chi connectivity index (χ1) is 9.26. The highest BCUT2D eigenvalue weighted by atomic mass is 32.1. The molecule has 0 saturated heterocycles. The molecular weight excluding hydrogens is 258 g/mol. The zero-order valence-corrected chi connectivity index (χ0v) is 11.7. The molecule has 1 aromatic heterocycles. The number of thiazole rings is 1. The Balaban J connectivity index is 1.67. The van der Waals surface area contributed by atoms with Gasteiger partial charge in [-0.3, -0.25) is 0 Å². The lowest BCUT2D eigenvalue weighted by atomic mass is 10.1. The Bertz CT molecular complexity index is 579. The second kappa shape index (κ2) is 5.31. The molecule has 0 aliphatic heterocycles. The summed E-state index contributed by atoms with van der Waals surface area (Å²) in [5.74, 6) is 0.860. The molecule has 0 amide bonds. The van der Waals surface area contributed by atoms with Crippen LogP contribution in [0.25, 0.3) is 0 Å². The van der Waals surface area contributed by atoms with Crippen LogP contribution in [-0.4, -0.2) is 10.1 Å². The van der Waals surface area contributed by atoms with Gasteiger partial charge in [-0.1, -0.05) is 13.0 Å². The Morgan fingerprint density at radius 2 is 2.37 bits per heavy atom. The minimum Gasteiger partial charge on any atom is -0.487 e. The minimum absolute atomic E-state index is 0.297. The maximum absolute atomic E-state index is 9.76. The van der Waals surface area contributed by atoms with Crippen LogP contribution in [0.1, 0.15) is 41.3 Å². The zero-order chi connectivity index (χ0) is 13.2. The Hall–Kier alpha value is -1.39. The number of aromatic nitrogens is 1. The number of nitrogens with zero attached hydrogens (tertiary/aromatic N) is 1. The maximum Gasteiger partial charge on any atom is 0.131 e. The lowest BCUT2D eigenvalue weighted by Crippen LogP contribution is -1.97. The molecular formula is C15H17NO2S. The highest BCUT2D eigenvalue weighted by Crippen LogP contribution is 2.33. The van der Waals surface area contributed by atoms with Crippen LogP contribution in [0.5, 0.6) is 5.75 Å². The van der Waals surface area contributed by atoms with Crippen molar-refractivity contribution < 1.29 is 9.84 Å². The molecule has 0 spiro atoms. The molecule has 19 heavy (non-hydrogen) atoms. The number of aryl methyl sites for hydroxylation is 2. The minimum atomic E-state index is -0.297. The van der Waals surface area contributed by atoms with Crippen molar-refractivity contribution >= 4 is 11.3 Å². The van der Waals surface area contributed by atoms with Crippen LogP contribution in [0.3, 0.4) is 0 Å².